The summed E-state index contributed by atoms with van der Waals surface area (Å²) in [5.74, 6) is 0.00923. The summed E-state index contributed by atoms with van der Waals surface area (Å²) < 4.78 is 1.52. The largest absolute Gasteiger partial charge is 0.339 e. The maximum Gasteiger partial charge on any atom is 0.323 e. The van der Waals surface area contributed by atoms with E-state index in [1.54, 1.807) is 29.3 Å². The fraction of sp³-hybridized carbons (Fsp3) is 0.400. The summed E-state index contributed by atoms with van der Waals surface area (Å²) in [6.07, 6.45) is 3.13. The van der Waals surface area contributed by atoms with E-state index in [0.717, 1.165) is 13.1 Å². The summed E-state index contributed by atoms with van der Waals surface area (Å²) >= 11 is 0. The molecule has 0 aliphatic carbocycles. The Bertz CT molecular complexity index is 967. The maximum absolute atomic E-state index is 12.4. The molecule has 3 N–H and O–H groups in total. The first-order chi connectivity index (χ1) is 15.0. The Morgan fingerprint density at radius 1 is 1.10 bits per heavy atom. The van der Waals surface area contributed by atoms with Gasteiger partial charge >= 0.3 is 12.1 Å². The number of carbonyl (C=O) groups excluding carboxylic acids is 3. The molecule has 2 aromatic rings. The van der Waals surface area contributed by atoms with Crippen LogP contribution in [0.15, 0.2) is 36.7 Å². The van der Waals surface area contributed by atoms with Crippen molar-refractivity contribution in [2.45, 2.75) is 6.54 Å². The van der Waals surface area contributed by atoms with Crippen molar-refractivity contribution in [2.24, 2.45) is 0 Å². The Morgan fingerprint density at radius 3 is 2.61 bits per heavy atom. The van der Waals surface area contributed by atoms with Crippen LogP contribution in [0.5, 0.6) is 0 Å². The number of nitrogens with zero attached hydrogens (tertiary/aromatic N) is 5. The van der Waals surface area contributed by atoms with Crippen LogP contribution in [0.1, 0.15) is 0 Å². The molecule has 11 nitrogen and oxygen atoms in total. The molecule has 0 spiro atoms. The molecule has 2 saturated heterocycles. The third-order valence-electron chi connectivity index (χ3n) is 5.32. The van der Waals surface area contributed by atoms with Gasteiger partial charge in [-0.2, -0.15) is 5.10 Å². The molecule has 3 heterocycles. The van der Waals surface area contributed by atoms with E-state index in [2.05, 4.69) is 25.9 Å². The highest BCUT2D eigenvalue weighted by Crippen LogP contribution is 2.21. The van der Waals surface area contributed by atoms with Gasteiger partial charge in [0.25, 0.3) is 0 Å². The van der Waals surface area contributed by atoms with Gasteiger partial charge in [-0.1, -0.05) is 6.07 Å². The highest BCUT2D eigenvalue weighted by Gasteiger charge is 2.21. The quantitative estimate of drug-likeness (QED) is 0.655. The molecular weight excluding hydrogens is 400 g/mol. The molecule has 2 aliphatic rings. The van der Waals surface area contributed by atoms with Crippen LogP contribution in [0.4, 0.5) is 26.7 Å². The molecule has 5 amide bonds. The zero-order valence-corrected chi connectivity index (χ0v) is 17.4. The van der Waals surface area contributed by atoms with Crippen LogP contribution in [0, 0.1) is 0 Å². The first kappa shape index (κ1) is 20.7. The third-order valence-corrected chi connectivity index (χ3v) is 5.32. The van der Waals surface area contributed by atoms with E-state index < -0.39 is 6.03 Å². The van der Waals surface area contributed by atoms with Gasteiger partial charge in [0, 0.05) is 56.8 Å². The van der Waals surface area contributed by atoms with Gasteiger partial charge in [0.05, 0.1) is 11.9 Å². The highest BCUT2D eigenvalue weighted by molar-refractivity contribution is 6.00. The molecule has 164 valence electrons. The van der Waals surface area contributed by atoms with Gasteiger partial charge in [0.15, 0.2) is 0 Å². The summed E-state index contributed by atoms with van der Waals surface area (Å²) in [6.45, 7) is 4.46. The van der Waals surface area contributed by atoms with Gasteiger partial charge in [0.2, 0.25) is 5.91 Å². The molecule has 0 radical (unpaired) electrons. The number of aromatic nitrogens is 2. The molecule has 4 rings (SSSR count). The lowest BCUT2D eigenvalue weighted by atomic mass is 10.2. The summed E-state index contributed by atoms with van der Waals surface area (Å²) in [4.78, 5) is 42.2. The minimum atomic E-state index is -0.437. The van der Waals surface area contributed by atoms with E-state index in [9.17, 15) is 14.4 Å². The van der Waals surface area contributed by atoms with E-state index in [1.165, 1.54) is 10.9 Å². The Labute approximate surface area is 180 Å². The summed E-state index contributed by atoms with van der Waals surface area (Å²) in [7, 11) is 2.04. The van der Waals surface area contributed by atoms with Crippen LogP contribution in [0.3, 0.4) is 0 Å². The molecule has 11 heteroatoms. The van der Waals surface area contributed by atoms with E-state index in [0.29, 0.717) is 43.2 Å². The lowest BCUT2D eigenvalue weighted by molar-refractivity contribution is -0.133. The molecular formula is C20H26N8O3. The van der Waals surface area contributed by atoms with Crippen molar-refractivity contribution in [1.29, 1.82) is 0 Å². The van der Waals surface area contributed by atoms with Crippen molar-refractivity contribution < 1.29 is 14.4 Å². The molecule has 0 atom stereocenters. The molecule has 1 aromatic heterocycles. The highest BCUT2D eigenvalue weighted by atomic mass is 16.2. The Morgan fingerprint density at radius 2 is 1.87 bits per heavy atom. The van der Waals surface area contributed by atoms with Crippen molar-refractivity contribution in [3.63, 3.8) is 0 Å². The van der Waals surface area contributed by atoms with Crippen LogP contribution in [0.2, 0.25) is 0 Å². The minimum absolute atomic E-state index is 0.00923. The van der Waals surface area contributed by atoms with Crippen LogP contribution < -0.4 is 20.9 Å². The lowest BCUT2D eigenvalue weighted by Gasteiger charge is -2.32. The SMILES string of the molecule is CN1CCN(C(=O)Cn2cc(NC(=O)Nc3cccc(N4CCNC4=O)c3)cn2)CC1. The Hall–Kier alpha value is -3.60. The van der Waals surface area contributed by atoms with E-state index in [-0.39, 0.29) is 18.5 Å². The van der Waals surface area contributed by atoms with Gasteiger partial charge < -0.3 is 25.8 Å². The topological polar surface area (TPSA) is 115 Å². The van der Waals surface area contributed by atoms with Crippen LogP contribution in [-0.4, -0.2) is 83.9 Å². The average molecular weight is 426 g/mol. The molecule has 0 saturated carbocycles. The van der Waals surface area contributed by atoms with E-state index in [4.69, 9.17) is 0 Å². The van der Waals surface area contributed by atoms with E-state index >= 15 is 0 Å². The van der Waals surface area contributed by atoms with Crippen LogP contribution in [0.25, 0.3) is 0 Å². The maximum atomic E-state index is 12.4. The summed E-state index contributed by atoms with van der Waals surface area (Å²) in [6, 6.07) is 6.49. The number of piperazine rings is 1. The molecule has 0 unspecified atom stereocenters. The molecule has 1 aromatic carbocycles. The van der Waals surface area contributed by atoms with Crippen molar-refractivity contribution in [2.75, 3.05) is 61.8 Å². The molecule has 2 aliphatic heterocycles. The number of rotatable bonds is 5. The number of urea groups is 2. The number of nitrogens with one attached hydrogen (secondary N) is 3. The van der Waals surface area contributed by atoms with Gasteiger partial charge in [-0.05, 0) is 25.2 Å². The first-order valence-electron chi connectivity index (χ1n) is 10.2. The lowest BCUT2D eigenvalue weighted by Crippen LogP contribution is -2.48. The second-order valence-electron chi connectivity index (χ2n) is 7.62. The number of likely N-dealkylation sites (N-methyl/N-ethyl adjacent to an activating group) is 1. The zero-order valence-electron chi connectivity index (χ0n) is 17.4. The Balaban J connectivity index is 1.30. The first-order valence-corrected chi connectivity index (χ1v) is 10.2. The number of anilines is 3. The third kappa shape index (κ3) is 5.12. The fourth-order valence-electron chi connectivity index (χ4n) is 3.57. The normalized spacial score (nSPS) is 16.9. The smallest absolute Gasteiger partial charge is 0.323 e. The number of hydrogen-bond acceptors (Lipinski definition) is 5. The number of hydrogen-bond donors (Lipinski definition) is 3. The van der Waals surface area contributed by atoms with Crippen LogP contribution in [-0.2, 0) is 11.3 Å². The second-order valence-corrected chi connectivity index (χ2v) is 7.62. The predicted molar refractivity (Wildman–Crippen MR) is 116 cm³/mol. The number of carbonyl (C=O) groups is 3. The number of amides is 5. The zero-order chi connectivity index (χ0) is 21.8. The van der Waals surface area contributed by atoms with Crippen molar-refractivity contribution >= 4 is 35.0 Å². The fourth-order valence-corrected chi connectivity index (χ4v) is 3.57. The minimum Gasteiger partial charge on any atom is -0.339 e. The summed E-state index contributed by atoms with van der Waals surface area (Å²) in [5.41, 5.74) is 1.76. The molecule has 0 bridgehead atoms. The average Bonchev–Trinajstić information content (AvgIpc) is 3.37. The van der Waals surface area contributed by atoms with Crippen molar-refractivity contribution in [3.8, 4) is 0 Å². The van der Waals surface area contributed by atoms with Crippen molar-refractivity contribution in [3.05, 3.63) is 36.7 Å². The summed E-state index contributed by atoms with van der Waals surface area (Å²) in [5, 5.41) is 12.4. The Kier molecular flexibility index (Phi) is 6.03. The van der Waals surface area contributed by atoms with Gasteiger partial charge in [-0.3, -0.25) is 14.4 Å². The van der Waals surface area contributed by atoms with Gasteiger partial charge in [0.1, 0.15) is 6.54 Å². The number of benzene rings is 1. The standard InChI is InChI=1S/C20H26N8O3/c1-25-7-9-26(10-8-25)18(29)14-27-13-16(12-22-27)24-19(30)23-15-3-2-4-17(11-15)28-6-5-21-20(28)31/h2-4,11-13H,5-10,14H2,1H3,(H,21,31)(H2,23,24,30). The predicted octanol–water partition coefficient (Wildman–Crippen LogP) is 0.831. The van der Waals surface area contributed by atoms with Gasteiger partial charge in [-0.15, -0.1) is 0 Å². The molecule has 2 fully saturated rings. The van der Waals surface area contributed by atoms with Crippen LogP contribution >= 0.6 is 0 Å². The molecule has 31 heavy (non-hydrogen) atoms. The second kappa shape index (κ2) is 9.04. The monoisotopic (exact) mass is 426 g/mol. The van der Waals surface area contributed by atoms with Gasteiger partial charge in [-0.25, -0.2) is 9.59 Å². The van der Waals surface area contributed by atoms with E-state index in [1.807, 2.05) is 18.0 Å². The van der Waals surface area contributed by atoms with Crippen molar-refractivity contribution in [1.82, 2.24) is 24.9 Å².